The molecule has 1 heterocycles. The van der Waals surface area contributed by atoms with Gasteiger partial charge in [-0.2, -0.15) is 0 Å². The number of nitrogens with zero attached hydrogens (tertiary/aromatic N) is 1. The van der Waals surface area contributed by atoms with Gasteiger partial charge in [0.05, 0.1) is 18.0 Å². The van der Waals surface area contributed by atoms with Gasteiger partial charge in [0, 0.05) is 17.4 Å². The number of ether oxygens (including phenoxy) is 1. The molecule has 1 unspecified atom stereocenters. The van der Waals surface area contributed by atoms with Crippen molar-refractivity contribution in [3.05, 3.63) is 65.9 Å². The van der Waals surface area contributed by atoms with Crippen molar-refractivity contribution in [1.82, 2.24) is 4.98 Å². The zero-order valence-electron chi connectivity index (χ0n) is 14.4. The highest BCUT2D eigenvalue weighted by Crippen LogP contribution is 2.26. The first-order valence-electron chi connectivity index (χ1n) is 8.39. The molecule has 4 nitrogen and oxygen atoms in total. The van der Waals surface area contributed by atoms with E-state index in [2.05, 4.69) is 0 Å². The molecule has 128 valence electrons. The zero-order valence-corrected chi connectivity index (χ0v) is 14.4. The lowest BCUT2D eigenvalue weighted by Gasteiger charge is -2.13. The number of fused-ring (bicyclic) bond motifs is 1. The SMILES string of the molecule is CCOC(=O)C(O)Cc1nc(-c2ccc(C)cc2)cc2ccccc12. The largest absolute Gasteiger partial charge is 0.464 e. The van der Waals surface area contributed by atoms with E-state index in [4.69, 9.17) is 9.72 Å². The van der Waals surface area contributed by atoms with Crippen LogP contribution in [0.2, 0.25) is 0 Å². The zero-order chi connectivity index (χ0) is 17.8. The van der Waals surface area contributed by atoms with Crippen LogP contribution in [0.3, 0.4) is 0 Å². The molecule has 1 N–H and O–H groups in total. The van der Waals surface area contributed by atoms with Crippen molar-refractivity contribution in [2.75, 3.05) is 6.61 Å². The first kappa shape index (κ1) is 17.1. The smallest absolute Gasteiger partial charge is 0.335 e. The summed E-state index contributed by atoms with van der Waals surface area (Å²) in [5, 5.41) is 12.1. The van der Waals surface area contributed by atoms with Crippen LogP contribution in [0, 0.1) is 6.92 Å². The third kappa shape index (κ3) is 3.86. The van der Waals surface area contributed by atoms with E-state index in [-0.39, 0.29) is 13.0 Å². The Bertz CT molecular complexity index is 887. The van der Waals surface area contributed by atoms with Crippen LogP contribution in [0.4, 0.5) is 0 Å². The summed E-state index contributed by atoms with van der Waals surface area (Å²) in [5.41, 5.74) is 3.70. The van der Waals surface area contributed by atoms with Crippen LogP contribution in [0.25, 0.3) is 22.0 Å². The molecule has 1 atom stereocenters. The molecule has 4 heteroatoms. The first-order valence-corrected chi connectivity index (χ1v) is 8.39. The maximum atomic E-state index is 11.8. The Labute approximate surface area is 147 Å². The van der Waals surface area contributed by atoms with Gasteiger partial charge in [-0.15, -0.1) is 0 Å². The Morgan fingerprint density at radius 1 is 1.16 bits per heavy atom. The van der Waals surface area contributed by atoms with E-state index >= 15 is 0 Å². The Morgan fingerprint density at radius 2 is 1.88 bits per heavy atom. The predicted octanol–water partition coefficient (Wildman–Crippen LogP) is 3.68. The summed E-state index contributed by atoms with van der Waals surface area (Å²) in [5.74, 6) is -0.617. The molecule has 0 radical (unpaired) electrons. The van der Waals surface area contributed by atoms with Gasteiger partial charge in [0.25, 0.3) is 0 Å². The van der Waals surface area contributed by atoms with E-state index in [0.717, 1.165) is 22.0 Å². The molecule has 0 spiro atoms. The number of esters is 1. The lowest BCUT2D eigenvalue weighted by molar-refractivity contribution is -0.152. The fourth-order valence-corrected chi connectivity index (χ4v) is 2.80. The number of aryl methyl sites for hydroxylation is 1. The molecule has 1 aromatic heterocycles. The van der Waals surface area contributed by atoms with Gasteiger partial charge in [0.2, 0.25) is 0 Å². The number of benzene rings is 2. The molecule has 0 fully saturated rings. The van der Waals surface area contributed by atoms with Crippen LogP contribution in [-0.4, -0.2) is 28.8 Å². The maximum absolute atomic E-state index is 11.8. The van der Waals surface area contributed by atoms with Gasteiger partial charge in [-0.05, 0) is 25.3 Å². The van der Waals surface area contributed by atoms with E-state index in [9.17, 15) is 9.90 Å². The number of pyridine rings is 1. The molecule has 3 aromatic rings. The quantitative estimate of drug-likeness (QED) is 0.723. The number of aliphatic hydroxyl groups excluding tert-OH is 1. The van der Waals surface area contributed by atoms with E-state index in [1.54, 1.807) is 6.92 Å². The van der Waals surface area contributed by atoms with Crippen molar-refractivity contribution >= 4 is 16.7 Å². The van der Waals surface area contributed by atoms with Crippen molar-refractivity contribution in [2.24, 2.45) is 0 Å². The van der Waals surface area contributed by atoms with Gasteiger partial charge in [-0.25, -0.2) is 4.79 Å². The molecule has 2 aromatic carbocycles. The van der Waals surface area contributed by atoms with Crippen molar-refractivity contribution in [2.45, 2.75) is 26.4 Å². The van der Waals surface area contributed by atoms with Gasteiger partial charge in [-0.3, -0.25) is 4.98 Å². The van der Waals surface area contributed by atoms with Gasteiger partial charge in [0.15, 0.2) is 6.10 Å². The monoisotopic (exact) mass is 335 g/mol. The highest BCUT2D eigenvalue weighted by atomic mass is 16.5. The normalized spacial score (nSPS) is 12.1. The summed E-state index contributed by atoms with van der Waals surface area (Å²) < 4.78 is 4.90. The number of carbonyl (C=O) groups excluding carboxylic acids is 1. The van der Waals surface area contributed by atoms with Crippen LogP contribution >= 0.6 is 0 Å². The minimum atomic E-state index is -1.22. The third-order valence-corrected chi connectivity index (χ3v) is 4.11. The van der Waals surface area contributed by atoms with Crippen molar-refractivity contribution in [3.63, 3.8) is 0 Å². The van der Waals surface area contributed by atoms with Crippen LogP contribution in [0.1, 0.15) is 18.2 Å². The molecule has 0 saturated heterocycles. The van der Waals surface area contributed by atoms with Crippen LogP contribution in [0.5, 0.6) is 0 Å². The topological polar surface area (TPSA) is 59.4 Å². The Morgan fingerprint density at radius 3 is 2.60 bits per heavy atom. The summed E-state index contributed by atoms with van der Waals surface area (Å²) in [4.78, 5) is 16.5. The highest BCUT2D eigenvalue weighted by Gasteiger charge is 2.19. The number of aliphatic hydroxyl groups is 1. The Kier molecular flexibility index (Phi) is 5.10. The van der Waals surface area contributed by atoms with Gasteiger partial charge in [0.1, 0.15) is 0 Å². The number of carbonyl (C=O) groups is 1. The predicted molar refractivity (Wildman–Crippen MR) is 98.3 cm³/mol. The lowest BCUT2D eigenvalue weighted by Crippen LogP contribution is -2.25. The average Bonchev–Trinajstić information content (AvgIpc) is 2.62. The Hall–Kier alpha value is -2.72. The summed E-state index contributed by atoms with van der Waals surface area (Å²) in [7, 11) is 0. The maximum Gasteiger partial charge on any atom is 0.335 e. The molecule has 25 heavy (non-hydrogen) atoms. The fraction of sp³-hybridized carbons (Fsp3) is 0.238. The summed E-state index contributed by atoms with van der Waals surface area (Å²) >= 11 is 0. The molecule has 0 amide bonds. The van der Waals surface area contributed by atoms with Crippen LogP contribution < -0.4 is 0 Å². The highest BCUT2D eigenvalue weighted by molar-refractivity contribution is 5.88. The van der Waals surface area contributed by atoms with E-state index < -0.39 is 12.1 Å². The average molecular weight is 335 g/mol. The number of aromatic nitrogens is 1. The molecule has 3 rings (SSSR count). The van der Waals surface area contributed by atoms with Crippen LogP contribution in [0.15, 0.2) is 54.6 Å². The van der Waals surface area contributed by atoms with E-state index in [1.807, 2.05) is 61.5 Å². The third-order valence-electron chi connectivity index (χ3n) is 4.11. The van der Waals surface area contributed by atoms with Crippen molar-refractivity contribution in [3.8, 4) is 11.3 Å². The Balaban J connectivity index is 2.03. The first-order chi connectivity index (χ1) is 12.1. The minimum absolute atomic E-state index is 0.124. The number of hydrogen-bond donors (Lipinski definition) is 1. The fourth-order valence-electron chi connectivity index (χ4n) is 2.80. The number of hydrogen-bond acceptors (Lipinski definition) is 4. The summed E-state index contributed by atoms with van der Waals surface area (Å²) in [6.07, 6.45) is -1.09. The van der Waals surface area contributed by atoms with Crippen molar-refractivity contribution < 1.29 is 14.6 Å². The molecular weight excluding hydrogens is 314 g/mol. The minimum Gasteiger partial charge on any atom is -0.464 e. The van der Waals surface area contributed by atoms with Crippen molar-refractivity contribution in [1.29, 1.82) is 0 Å². The number of rotatable bonds is 5. The second kappa shape index (κ2) is 7.45. The van der Waals surface area contributed by atoms with Gasteiger partial charge >= 0.3 is 5.97 Å². The summed E-state index contributed by atoms with van der Waals surface area (Å²) in [6, 6.07) is 18.0. The second-order valence-electron chi connectivity index (χ2n) is 6.01. The molecule has 0 aliphatic carbocycles. The van der Waals surface area contributed by atoms with Gasteiger partial charge in [-0.1, -0.05) is 54.1 Å². The molecule has 0 saturated carbocycles. The molecule has 0 bridgehead atoms. The van der Waals surface area contributed by atoms with Crippen LogP contribution in [-0.2, 0) is 16.0 Å². The summed E-state index contributed by atoms with van der Waals surface area (Å²) in [6.45, 7) is 4.00. The second-order valence-corrected chi connectivity index (χ2v) is 6.01. The molecular formula is C21H21NO3. The van der Waals surface area contributed by atoms with E-state index in [1.165, 1.54) is 5.56 Å². The van der Waals surface area contributed by atoms with Gasteiger partial charge < -0.3 is 9.84 Å². The van der Waals surface area contributed by atoms with E-state index in [0.29, 0.717) is 5.69 Å². The standard InChI is InChI=1S/C21H21NO3/c1-3-25-21(24)20(23)13-19-17-7-5-4-6-16(17)12-18(22-19)15-10-8-14(2)9-11-15/h4-12,20,23H,3,13H2,1-2H3. The molecule has 0 aliphatic heterocycles. The lowest BCUT2D eigenvalue weighted by atomic mass is 10.0. The molecule has 0 aliphatic rings.